The first-order valence-electron chi connectivity index (χ1n) is 6.30. The molecule has 0 radical (unpaired) electrons. The Morgan fingerprint density at radius 1 is 1.25 bits per heavy atom. The van der Waals surface area contributed by atoms with Crippen LogP contribution >= 0.6 is 0 Å². The molecule has 2 unspecified atom stereocenters. The van der Waals surface area contributed by atoms with Crippen LogP contribution in [0, 0.1) is 0 Å². The van der Waals surface area contributed by atoms with Crippen molar-refractivity contribution < 1.29 is 13.2 Å². The predicted molar refractivity (Wildman–Crippen MR) is 68.3 cm³/mol. The minimum Gasteiger partial charge on any atom is -0.352 e. The molecule has 1 aliphatic rings. The average molecular weight is 282 g/mol. The summed E-state index contributed by atoms with van der Waals surface area (Å²) in [6.45, 7) is 1.71. The van der Waals surface area contributed by atoms with Gasteiger partial charge in [-0.05, 0) is 13.3 Å². The van der Waals surface area contributed by atoms with Gasteiger partial charge < -0.3 is 5.32 Å². The number of hydrogen-bond donors (Lipinski definition) is 1. The second kappa shape index (κ2) is 4.50. The largest absolute Gasteiger partial charge is 0.411 e. The average Bonchev–Trinajstić information content (AvgIpc) is 2.81. The molecule has 1 aromatic heterocycles. The van der Waals surface area contributed by atoms with Gasteiger partial charge in [0.25, 0.3) is 0 Å². The summed E-state index contributed by atoms with van der Waals surface area (Å²) in [7, 11) is 0. The number of hydrogen-bond acceptors (Lipinski definition) is 3. The van der Waals surface area contributed by atoms with Gasteiger partial charge >= 0.3 is 6.18 Å². The fourth-order valence-corrected chi connectivity index (χ4v) is 2.33. The highest BCUT2D eigenvalue weighted by Crippen LogP contribution is 2.39. The van der Waals surface area contributed by atoms with E-state index in [1.165, 1.54) is 0 Å². The maximum Gasteiger partial charge on any atom is 0.411 e. The van der Waals surface area contributed by atoms with Gasteiger partial charge in [-0.3, -0.25) is 0 Å². The van der Waals surface area contributed by atoms with E-state index in [0.717, 1.165) is 4.68 Å². The van der Waals surface area contributed by atoms with Crippen molar-refractivity contribution in [3.8, 4) is 11.4 Å². The molecule has 0 fully saturated rings. The molecule has 106 valence electrons. The van der Waals surface area contributed by atoms with Crippen LogP contribution in [0.5, 0.6) is 0 Å². The first kappa shape index (κ1) is 13.0. The fourth-order valence-electron chi connectivity index (χ4n) is 2.33. The Hall–Kier alpha value is -2.05. The number of fused-ring (bicyclic) bond motifs is 1. The number of halogens is 3. The molecule has 1 aromatic carbocycles. The van der Waals surface area contributed by atoms with Crippen LogP contribution < -0.4 is 5.32 Å². The summed E-state index contributed by atoms with van der Waals surface area (Å²) in [5, 5.41) is 6.97. The van der Waals surface area contributed by atoms with Crippen molar-refractivity contribution in [2.75, 3.05) is 5.32 Å². The molecule has 2 atom stereocenters. The zero-order chi connectivity index (χ0) is 14.3. The van der Waals surface area contributed by atoms with E-state index in [0.29, 0.717) is 11.4 Å². The molecule has 0 saturated carbocycles. The molecule has 2 aromatic rings. The number of rotatable bonds is 1. The molecule has 1 aliphatic heterocycles. The van der Waals surface area contributed by atoms with Gasteiger partial charge in [-0.1, -0.05) is 30.3 Å². The Kier molecular flexibility index (Phi) is 2.92. The molecule has 20 heavy (non-hydrogen) atoms. The minimum absolute atomic E-state index is 0.0475. The molecular weight excluding hydrogens is 269 g/mol. The SMILES string of the molecule is CC1CC(C(F)(F)F)n2nc(-c3ccccc3)nc2N1. The van der Waals surface area contributed by atoms with E-state index in [-0.39, 0.29) is 18.4 Å². The van der Waals surface area contributed by atoms with Crippen LogP contribution in [0.2, 0.25) is 0 Å². The van der Waals surface area contributed by atoms with Crippen LogP contribution in [0.1, 0.15) is 19.4 Å². The number of alkyl halides is 3. The predicted octanol–water partition coefficient (Wildman–Crippen LogP) is 3.25. The van der Waals surface area contributed by atoms with Crippen molar-refractivity contribution in [1.29, 1.82) is 0 Å². The summed E-state index contributed by atoms with van der Waals surface area (Å²) in [6, 6.07) is 7.05. The lowest BCUT2D eigenvalue weighted by Crippen LogP contribution is -2.38. The molecule has 4 nitrogen and oxygen atoms in total. The molecule has 1 N–H and O–H groups in total. The summed E-state index contributed by atoms with van der Waals surface area (Å²) in [4.78, 5) is 4.18. The molecule has 0 spiro atoms. The Morgan fingerprint density at radius 2 is 1.95 bits per heavy atom. The highest BCUT2D eigenvalue weighted by molar-refractivity contribution is 5.56. The van der Waals surface area contributed by atoms with Crippen molar-refractivity contribution in [3.63, 3.8) is 0 Å². The Labute approximate surface area is 113 Å². The fraction of sp³-hybridized carbons (Fsp3) is 0.385. The van der Waals surface area contributed by atoms with Gasteiger partial charge in [0.1, 0.15) is 0 Å². The highest BCUT2D eigenvalue weighted by atomic mass is 19.4. The van der Waals surface area contributed by atoms with E-state index in [1.807, 2.05) is 6.07 Å². The van der Waals surface area contributed by atoms with Gasteiger partial charge in [0.2, 0.25) is 5.95 Å². The topological polar surface area (TPSA) is 42.7 Å². The third-order valence-electron chi connectivity index (χ3n) is 3.29. The minimum atomic E-state index is -4.33. The molecule has 0 aliphatic carbocycles. The summed E-state index contributed by atoms with van der Waals surface area (Å²) in [5.74, 6) is 0.473. The second-order valence-corrected chi connectivity index (χ2v) is 4.91. The van der Waals surface area contributed by atoms with E-state index in [1.54, 1.807) is 31.2 Å². The number of nitrogens with one attached hydrogen (secondary N) is 1. The zero-order valence-corrected chi connectivity index (χ0v) is 10.7. The lowest BCUT2D eigenvalue weighted by atomic mass is 10.1. The van der Waals surface area contributed by atoms with Crippen LogP contribution in [0.3, 0.4) is 0 Å². The maximum atomic E-state index is 13.1. The normalized spacial score (nSPS) is 22.2. The van der Waals surface area contributed by atoms with E-state index in [2.05, 4.69) is 15.4 Å². The quantitative estimate of drug-likeness (QED) is 0.873. The Bertz CT molecular complexity index is 606. The first-order valence-corrected chi connectivity index (χ1v) is 6.30. The van der Waals surface area contributed by atoms with Crippen LogP contribution in [0.15, 0.2) is 30.3 Å². The molecule has 7 heteroatoms. The number of nitrogens with zero attached hydrogens (tertiary/aromatic N) is 3. The third-order valence-corrected chi connectivity index (χ3v) is 3.29. The number of anilines is 1. The van der Waals surface area contributed by atoms with Crippen molar-refractivity contribution >= 4 is 5.95 Å². The van der Waals surface area contributed by atoms with Gasteiger partial charge in [0.15, 0.2) is 11.9 Å². The lowest BCUT2D eigenvalue weighted by molar-refractivity contribution is -0.173. The molecule has 0 bridgehead atoms. The van der Waals surface area contributed by atoms with Crippen LogP contribution in [-0.4, -0.2) is 27.0 Å². The molecule has 0 amide bonds. The molecule has 0 saturated heterocycles. The van der Waals surface area contributed by atoms with Gasteiger partial charge in [-0.15, -0.1) is 5.10 Å². The van der Waals surface area contributed by atoms with Crippen LogP contribution in [0.4, 0.5) is 19.1 Å². The molecule has 3 rings (SSSR count). The van der Waals surface area contributed by atoms with E-state index in [4.69, 9.17) is 0 Å². The van der Waals surface area contributed by atoms with Crippen LogP contribution in [0.25, 0.3) is 11.4 Å². The summed E-state index contributed by atoms with van der Waals surface area (Å²) in [5.41, 5.74) is 0.699. The number of benzene rings is 1. The molecular formula is C13H13F3N4. The second-order valence-electron chi connectivity index (χ2n) is 4.91. The highest BCUT2D eigenvalue weighted by Gasteiger charge is 2.46. The van der Waals surface area contributed by atoms with Gasteiger partial charge in [-0.25, -0.2) is 4.68 Å². The third kappa shape index (κ3) is 2.23. The summed E-state index contributed by atoms with van der Waals surface area (Å²) < 4.78 is 40.2. The van der Waals surface area contributed by atoms with Crippen molar-refractivity contribution in [2.24, 2.45) is 0 Å². The monoisotopic (exact) mass is 282 g/mol. The number of aromatic nitrogens is 3. The van der Waals surface area contributed by atoms with Gasteiger partial charge in [0.05, 0.1) is 0 Å². The Morgan fingerprint density at radius 3 is 2.60 bits per heavy atom. The molecule has 2 heterocycles. The van der Waals surface area contributed by atoms with Crippen molar-refractivity contribution in [1.82, 2.24) is 14.8 Å². The van der Waals surface area contributed by atoms with Crippen LogP contribution in [-0.2, 0) is 0 Å². The van der Waals surface area contributed by atoms with E-state index < -0.39 is 12.2 Å². The zero-order valence-electron chi connectivity index (χ0n) is 10.7. The first-order chi connectivity index (χ1) is 9.45. The Balaban J connectivity index is 2.05. The summed E-state index contributed by atoms with van der Waals surface area (Å²) in [6.07, 6.45) is -4.37. The standard InChI is InChI=1S/C13H13F3N4/c1-8-7-10(13(14,15)16)20-12(17-8)18-11(19-20)9-5-3-2-4-6-9/h2-6,8,10H,7H2,1H3,(H,17,18,19). The van der Waals surface area contributed by atoms with Crippen molar-refractivity contribution in [2.45, 2.75) is 31.6 Å². The van der Waals surface area contributed by atoms with E-state index >= 15 is 0 Å². The maximum absolute atomic E-state index is 13.1. The lowest BCUT2D eigenvalue weighted by Gasteiger charge is -2.30. The smallest absolute Gasteiger partial charge is 0.352 e. The van der Waals surface area contributed by atoms with Gasteiger partial charge in [0, 0.05) is 11.6 Å². The van der Waals surface area contributed by atoms with Gasteiger partial charge in [-0.2, -0.15) is 18.2 Å². The summed E-state index contributed by atoms with van der Waals surface area (Å²) >= 11 is 0. The van der Waals surface area contributed by atoms with E-state index in [9.17, 15) is 13.2 Å². The van der Waals surface area contributed by atoms with Crippen molar-refractivity contribution in [3.05, 3.63) is 30.3 Å².